The molecule has 1 nitrogen and oxygen atoms in total. The summed E-state index contributed by atoms with van der Waals surface area (Å²) in [4.78, 5) is 10.9. The van der Waals surface area contributed by atoms with Gasteiger partial charge in [-0.05, 0) is 30.5 Å². The minimum atomic E-state index is -0.341. The van der Waals surface area contributed by atoms with Gasteiger partial charge in [-0.3, -0.25) is 0 Å². The second kappa shape index (κ2) is 4.56. The molecular formula is C11H12ClFO. The van der Waals surface area contributed by atoms with E-state index in [1.54, 1.807) is 12.1 Å². The van der Waals surface area contributed by atoms with E-state index in [4.69, 9.17) is 11.6 Å². The molecule has 3 heteroatoms. The molecule has 0 saturated heterocycles. The third kappa shape index (κ3) is 2.81. The van der Waals surface area contributed by atoms with Crippen LogP contribution in [0.1, 0.15) is 31.7 Å². The Morgan fingerprint density at radius 2 is 2.21 bits per heavy atom. The quantitative estimate of drug-likeness (QED) is 0.752. The van der Waals surface area contributed by atoms with Crippen molar-refractivity contribution in [3.63, 3.8) is 0 Å². The Labute approximate surface area is 87.9 Å². The highest BCUT2D eigenvalue weighted by atomic mass is 35.5. The maximum Gasteiger partial charge on any atom is 0.130 e. The normalized spacial score (nSPS) is 12.6. The summed E-state index contributed by atoms with van der Waals surface area (Å²) >= 11 is 5.62. The number of ketones is 1. The minimum absolute atomic E-state index is 0.0619. The lowest BCUT2D eigenvalue weighted by atomic mass is 9.96. The SMILES string of the molecule is CC(=O)CC(C)c1ccc(Cl)cc1F. The molecule has 0 aliphatic carbocycles. The van der Waals surface area contributed by atoms with Crippen LogP contribution in [0.15, 0.2) is 18.2 Å². The second-order valence-corrected chi connectivity index (χ2v) is 3.91. The summed E-state index contributed by atoms with van der Waals surface area (Å²) in [6.07, 6.45) is 0.360. The third-order valence-corrected chi connectivity index (χ3v) is 2.32. The highest BCUT2D eigenvalue weighted by Crippen LogP contribution is 2.24. The lowest BCUT2D eigenvalue weighted by Gasteiger charge is -2.10. The summed E-state index contributed by atoms with van der Waals surface area (Å²) in [6, 6.07) is 4.54. The van der Waals surface area contributed by atoms with Crippen molar-refractivity contribution in [2.24, 2.45) is 0 Å². The number of halogens is 2. The van der Waals surface area contributed by atoms with Gasteiger partial charge in [0.25, 0.3) is 0 Å². The Kier molecular flexibility index (Phi) is 3.64. The van der Waals surface area contributed by atoms with Crippen LogP contribution in [0.2, 0.25) is 5.02 Å². The van der Waals surface area contributed by atoms with Gasteiger partial charge in [0.15, 0.2) is 0 Å². The molecule has 0 bridgehead atoms. The van der Waals surface area contributed by atoms with E-state index in [0.29, 0.717) is 17.0 Å². The monoisotopic (exact) mass is 214 g/mol. The lowest BCUT2D eigenvalue weighted by molar-refractivity contribution is -0.117. The van der Waals surface area contributed by atoms with Crippen LogP contribution in [-0.4, -0.2) is 5.78 Å². The molecule has 1 aromatic rings. The van der Waals surface area contributed by atoms with E-state index in [-0.39, 0.29) is 17.5 Å². The van der Waals surface area contributed by atoms with Crippen LogP contribution in [0.3, 0.4) is 0 Å². The van der Waals surface area contributed by atoms with Crippen molar-refractivity contribution in [2.45, 2.75) is 26.2 Å². The van der Waals surface area contributed by atoms with Gasteiger partial charge in [0.2, 0.25) is 0 Å². The summed E-state index contributed by atoms with van der Waals surface area (Å²) in [7, 11) is 0. The maximum absolute atomic E-state index is 13.4. The molecule has 0 N–H and O–H groups in total. The predicted octanol–water partition coefficient (Wildman–Crippen LogP) is 3.56. The summed E-state index contributed by atoms with van der Waals surface area (Å²) in [5.41, 5.74) is 0.546. The standard InChI is InChI=1S/C11H12ClFO/c1-7(5-8(2)14)10-4-3-9(12)6-11(10)13/h3-4,6-7H,5H2,1-2H3. The van der Waals surface area contributed by atoms with Crippen molar-refractivity contribution in [1.82, 2.24) is 0 Å². The largest absolute Gasteiger partial charge is 0.300 e. The molecule has 14 heavy (non-hydrogen) atoms. The summed E-state index contributed by atoms with van der Waals surface area (Å²) in [5, 5.41) is 0.376. The Hall–Kier alpha value is -0.890. The Morgan fingerprint density at radius 3 is 2.71 bits per heavy atom. The van der Waals surface area contributed by atoms with Gasteiger partial charge in [-0.25, -0.2) is 4.39 Å². The molecule has 0 spiro atoms. The molecule has 1 rings (SSSR count). The molecular weight excluding hydrogens is 203 g/mol. The van der Waals surface area contributed by atoms with Gasteiger partial charge in [0.1, 0.15) is 11.6 Å². The van der Waals surface area contributed by atoms with Crippen LogP contribution in [0, 0.1) is 5.82 Å². The summed E-state index contributed by atoms with van der Waals surface area (Å²) < 4.78 is 13.4. The summed E-state index contributed by atoms with van der Waals surface area (Å²) in [6.45, 7) is 3.33. The van der Waals surface area contributed by atoms with Crippen molar-refractivity contribution in [3.05, 3.63) is 34.6 Å². The van der Waals surface area contributed by atoms with Gasteiger partial charge in [0.05, 0.1) is 0 Å². The fourth-order valence-electron chi connectivity index (χ4n) is 1.44. The van der Waals surface area contributed by atoms with E-state index in [1.165, 1.54) is 13.0 Å². The van der Waals surface area contributed by atoms with E-state index >= 15 is 0 Å². The van der Waals surface area contributed by atoms with Crippen LogP contribution < -0.4 is 0 Å². The molecule has 0 aromatic heterocycles. The van der Waals surface area contributed by atoms with Crippen LogP contribution in [0.25, 0.3) is 0 Å². The number of hydrogen-bond donors (Lipinski definition) is 0. The highest BCUT2D eigenvalue weighted by molar-refractivity contribution is 6.30. The first-order chi connectivity index (χ1) is 6.50. The molecule has 0 saturated carbocycles. The van der Waals surface area contributed by atoms with Gasteiger partial charge in [0, 0.05) is 11.4 Å². The first-order valence-corrected chi connectivity index (χ1v) is 4.83. The Morgan fingerprint density at radius 1 is 1.57 bits per heavy atom. The van der Waals surface area contributed by atoms with Crippen LogP contribution in [0.5, 0.6) is 0 Å². The van der Waals surface area contributed by atoms with Crippen molar-refractivity contribution in [2.75, 3.05) is 0 Å². The van der Waals surface area contributed by atoms with Crippen molar-refractivity contribution in [1.29, 1.82) is 0 Å². The van der Waals surface area contributed by atoms with E-state index in [2.05, 4.69) is 0 Å². The van der Waals surface area contributed by atoms with Gasteiger partial charge in [-0.2, -0.15) is 0 Å². The minimum Gasteiger partial charge on any atom is -0.300 e. The number of hydrogen-bond acceptors (Lipinski definition) is 1. The molecule has 0 aliphatic rings. The van der Waals surface area contributed by atoms with Gasteiger partial charge in [-0.15, -0.1) is 0 Å². The number of carbonyl (C=O) groups excluding carboxylic acids is 1. The Bertz CT molecular complexity index is 349. The van der Waals surface area contributed by atoms with Crippen LogP contribution in [-0.2, 0) is 4.79 Å². The zero-order chi connectivity index (χ0) is 10.7. The second-order valence-electron chi connectivity index (χ2n) is 3.47. The fraction of sp³-hybridized carbons (Fsp3) is 0.364. The molecule has 0 amide bonds. The van der Waals surface area contributed by atoms with Crippen molar-refractivity contribution >= 4 is 17.4 Å². The zero-order valence-electron chi connectivity index (χ0n) is 8.18. The molecule has 0 heterocycles. The maximum atomic E-state index is 13.4. The van der Waals surface area contributed by atoms with Gasteiger partial charge < -0.3 is 4.79 Å². The average molecular weight is 215 g/mol. The van der Waals surface area contributed by atoms with E-state index in [9.17, 15) is 9.18 Å². The number of Topliss-reactive ketones (excluding diaryl/α,β-unsaturated/α-hetero) is 1. The molecule has 0 aliphatic heterocycles. The fourth-order valence-corrected chi connectivity index (χ4v) is 1.60. The zero-order valence-corrected chi connectivity index (χ0v) is 8.94. The topological polar surface area (TPSA) is 17.1 Å². The van der Waals surface area contributed by atoms with Gasteiger partial charge >= 0.3 is 0 Å². The predicted molar refractivity (Wildman–Crippen MR) is 55.1 cm³/mol. The molecule has 1 atom stereocenters. The van der Waals surface area contributed by atoms with Crippen molar-refractivity contribution < 1.29 is 9.18 Å². The Balaban J connectivity index is 2.90. The molecule has 1 aromatic carbocycles. The van der Waals surface area contributed by atoms with Crippen molar-refractivity contribution in [3.8, 4) is 0 Å². The van der Waals surface area contributed by atoms with Gasteiger partial charge in [-0.1, -0.05) is 24.6 Å². The molecule has 0 fully saturated rings. The molecule has 1 unspecified atom stereocenters. The van der Waals surface area contributed by atoms with Crippen LogP contribution >= 0.6 is 11.6 Å². The number of rotatable bonds is 3. The summed E-state index contributed by atoms with van der Waals surface area (Å²) in [5.74, 6) is -0.372. The van der Waals surface area contributed by atoms with E-state index in [0.717, 1.165) is 0 Å². The highest BCUT2D eigenvalue weighted by Gasteiger charge is 2.12. The average Bonchev–Trinajstić information content (AvgIpc) is 2.01. The first kappa shape index (κ1) is 11.2. The van der Waals surface area contributed by atoms with Crippen LogP contribution in [0.4, 0.5) is 4.39 Å². The van der Waals surface area contributed by atoms with E-state index < -0.39 is 0 Å². The number of carbonyl (C=O) groups is 1. The van der Waals surface area contributed by atoms with E-state index in [1.807, 2.05) is 6.92 Å². The third-order valence-electron chi connectivity index (χ3n) is 2.09. The lowest BCUT2D eigenvalue weighted by Crippen LogP contribution is -2.02. The number of benzene rings is 1. The first-order valence-electron chi connectivity index (χ1n) is 4.45. The smallest absolute Gasteiger partial charge is 0.130 e. The molecule has 76 valence electrons. The molecule has 0 radical (unpaired) electrons.